The van der Waals surface area contributed by atoms with E-state index in [0.717, 1.165) is 22.0 Å². The van der Waals surface area contributed by atoms with Gasteiger partial charge in [0.2, 0.25) is 0 Å². The van der Waals surface area contributed by atoms with Crippen LogP contribution >= 0.6 is 22.6 Å². The first kappa shape index (κ1) is 13.2. The van der Waals surface area contributed by atoms with E-state index in [1.54, 1.807) is 20.3 Å². The van der Waals surface area contributed by atoms with E-state index >= 15 is 0 Å². The number of ether oxygens (including phenoxy) is 3. The summed E-state index contributed by atoms with van der Waals surface area (Å²) in [6.45, 7) is 0. The summed E-state index contributed by atoms with van der Waals surface area (Å²) >= 11 is 2.30. The van der Waals surface area contributed by atoms with Crippen LogP contribution in [0.1, 0.15) is 12.8 Å². The van der Waals surface area contributed by atoms with Crippen molar-refractivity contribution in [3.63, 3.8) is 0 Å². The number of methoxy groups -OCH3 is 2. The largest absolute Gasteiger partial charge is 0.447 e. The van der Waals surface area contributed by atoms with Crippen LogP contribution in [0.15, 0.2) is 21.3 Å². The van der Waals surface area contributed by atoms with Crippen LogP contribution < -0.4 is 0 Å². The van der Waals surface area contributed by atoms with E-state index in [1.165, 1.54) is 0 Å². The molecule has 4 atom stereocenters. The number of hydrogen-bond acceptors (Lipinski definition) is 5. The maximum absolute atomic E-state index is 11.7. The van der Waals surface area contributed by atoms with Crippen LogP contribution in [-0.4, -0.2) is 55.1 Å². The predicted molar refractivity (Wildman–Crippen MR) is 79.3 cm³/mol. The fourth-order valence-corrected chi connectivity index (χ4v) is 5.28. The number of fused-ring (bicyclic) bond motifs is 2. The summed E-state index contributed by atoms with van der Waals surface area (Å²) in [6.07, 6.45) is 5.65. The molecule has 3 aliphatic heterocycles. The van der Waals surface area contributed by atoms with Crippen molar-refractivity contribution in [2.75, 3.05) is 14.2 Å². The average Bonchev–Trinajstić information content (AvgIpc) is 3.03. The number of nitrogens with zero attached hydrogens (tertiary/aromatic N) is 1. The number of rotatable bonds is 3. The van der Waals surface area contributed by atoms with Crippen LogP contribution in [0.25, 0.3) is 0 Å². The molecule has 0 aromatic rings. The number of carbonyl (C=O) groups is 1. The summed E-state index contributed by atoms with van der Waals surface area (Å²) in [5.74, 6) is -0.203. The first-order valence-electron chi connectivity index (χ1n) is 6.79. The van der Waals surface area contributed by atoms with Crippen molar-refractivity contribution >= 4 is 28.6 Å². The number of hydrogen-bond donors (Lipinski definition) is 0. The molecule has 0 N–H and O–H groups in total. The third-order valence-corrected chi connectivity index (χ3v) is 5.97. The SMILES string of the molecule is COC(OC)[C@H]1CC[C@H]2N1[C@@H]1C=C(I)C3=CC(=O)OC312. The standard InChI is InChI=1S/C14H16INO4/c1-18-13(19-2)9-3-4-10-14-7(5-12(17)20-14)8(15)6-11(14)16(9)10/h5-6,9-11,13H,3-4H2,1-2H3/t9-,10-,11-,14?/m1/s1. The van der Waals surface area contributed by atoms with Crippen molar-refractivity contribution in [1.82, 2.24) is 4.90 Å². The van der Waals surface area contributed by atoms with E-state index in [1.807, 2.05) is 0 Å². The van der Waals surface area contributed by atoms with Crippen molar-refractivity contribution < 1.29 is 19.0 Å². The van der Waals surface area contributed by atoms with Crippen molar-refractivity contribution in [2.45, 2.75) is 42.9 Å². The highest BCUT2D eigenvalue weighted by Crippen LogP contribution is 2.61. The molecule has 0 radical (unpaired) electrons. The summed E-state index contributed by atoms with van der Waals surface area (Å²) < 4.78 is 17.7. The Bertz CT molecular complexity index is 541. The van der Waals surface area contributed by atoms with Gasteiger partial charge in [0.25, 0.3) is 0 Å². The topological polar surface area (TPSA) is 48.0 Å². The fourth-order valence-electron chi connectivity index (χ4n) is 4.36. The van der Waals surface area contributed by atoms with Gasteiger partial charge in [-0.1, -0.05) is 0 Å². The van der Waals surface area contributed by atoms with Gasteiger partial charge in [-0.15, -0.1) is 0 Å². The highest BCUT2D eigenvalue weighted by molar-refractivity contribution is 14.1. The summed E-state index contributed by atoms with van der Waals surface area (Å²) in [6, 6.07) is 0.619. The van der Waals surface area contributed by atoms with Crippen molar-refractivity contribution in [3.05, 3.63) is 21.3 Å². The zero-order chi connectivity index (χ0) is 14.1. The molecule has 0 bridgehead atoms. The molecule has 0 aromatic heterocycles. The lowest BCUT2D eigenvalue weighted by molar-refractivity contribution is -0.212. The number of halogens is 1. The average molecular weight is 389 g/mol. The first-order chi connectivity index (χ1) is 9.63. The lowest BCUT2D eigenvalue weighted by Crippen LogP contribution is -2.75. The third kappa shape index (κ3) is 1.36. The van der Waals surface area contributed by atoms with Gasteiger partial charge in [0, 0.05) is 29.4 Å². The van der Waals surface area contributed by atoms with Crippen LogP contribution in [0, 0.1) is 0 Å². The minimum absolute atomic E-state index is 0.136. The van der Waals surface area contributed by atoms with Gasteiger partial charge in [-0.25, -0.2) is 4.79 Å². The number of carbonyl (C=O) groups excluding carboxylic acids is 1. The van der Waals surface area contributed by atoms with E-state index in [4.69, 9.17) is 14.2 Å². The van der Waals surface area contributed by atoms with Crippen LogP contribution in [0.5, 0.6) is 0 Å². The zero-order valence-electron chi connectivity index (χ0n) is 11.3. The van der Waals surface area contributed by atoms with Crippen LogP contribution in [-0.2, 0) is 19.0 Å². The van der Waals surface area contributed by atoms with Crippen LogP contribution in [0.3, 0.4) is 0 Å². The van der Waals surface area contributed by atoms with Crippen molar-refractivity contribution in [2.24, 2.45) is 0 Å². The Labute approximate surface area is 131 Å². The Morgan fingerprint density at radius 3 is 2.90 bits per heavy atom. The van der Waals surface area contributed by atoms with Gasteiger partial charge in [-0.3, -0.25) is 4.90 Å². The molecule has 2 fully saturated rings. The molecule has 3 heterocycles. The Morgan fingerprint density at radius 2 is 2.20 bits per heavy atom. The summed E-state index contributed by atoms with van der Waals surface area (Å²) in [4.78, 5) is 14.1. The van der Waals surface area contributed by atoms with E-state index in [0.29, 0.717) is 0 Å². The van der Waals surface area contributed by atoms with Gasteiger partial charge in [0.1, 0.15) is 0 Å². The van der Waals surface area contributed by atoms with Crippen LogP contribution in [0.2, 0.25) is 0 Å². The molecule has 108 valence electrons. The molecule has 0 amide bonds. The monoisotopic (exact) mass is 389 g/mol. The molecule has 6 heteroatoms. The minimum Gasteiger partial charge on any atom is -0.447 e. The second-order valence-corrected chi connectivity index (χ2v) is 6.84. The Morgan fingerprint density at radius 1 is 1.45 bits per heavy atom. The second kappa shape index (κ2) is 4.28. The molecule has 1 spiro atoms. The predicted octanol–water partition coefficient (Wildman–Crippen LogP) is 1.38. The smallest absolute Gasteiger partial charge is 0.332 e. The van der Waals surface area contributed by atoms with E-state index in [2.05, 4.69) is 33.6 Å². The maximum atomic E-state index is 11.7. The molecule has 0 saturated carbocycles. The molecular weight excluding hydrogens is 373 g/mol. The lowest BCUT2D eigenvalue weighted by atomic mass is 9.75. The lowest BCUT2D eigenvalue weighted by Gasteiger charge is -2.57. The van der Waals surface area contributed by atoms with Crippen LogP contribution in [0.4, 0.5) is 0 Å². The van der Waals surface area contributed by atoms with Gasteiger partial charge in [0.15, 0.2) is 11.9 Å². The number of esters is 1. The molecule has 20 heavy (non-hydrogen) atoms. The normalized spacial score (nSPS) is 41.8. The highest BCUT2D eigenvalue weighted by atomic mass is 127. The third-order valence-electron chi connectivity index (χ3n) is 5.03. The summed E-state index contributed by atoms with van der Waals surface area (Å²) in [5, 5.41) is 0. The van der Waals surface area contributed by atoms with Gasteiger partial charge >= 0.3 is 5.97 Å². The van der Waals surface area contributed by atoms with Gasteiger partial charge in [-0.2, -0.15) is 0 Å². The molecule has 1 aliphatic carbocycles. The molecular formula is C14H16INO4. The molecule has 2 saturated heterocycles. The zero-order valence-corrected chi connectivity index (χ0v) is 13.5. The molecule has 1 unspecified atom stereocenters. The minimum atomic E-state index is -0.422. The van der Waals surface area contributed by atoms with E-state index in [9.17, 15) is 4.79 Å². The van der Waals surface area contributed by atoms with Crippen molar-refractivity contribution in [3.8, 4) is 0 Å². The van der Waals surface area contributed by atoms with Crippen molar-refractivity contribution in [1.29, 1.82) is 0 Å². The summed E-state index contributed by atoms with van der Waals surface area (Å²) in [7, 11) is 3.35. The maximum Gasteiger partial charge on any atom is 0.332 e. The Hall–Kier alpha value is -0.440. The van der Waals surface area contributed by atoms with E-state index in [-0.39, 0.29) is 30.4 Å². The molecule has 5 nitrogen and oxygen atoms in total. The quantitative estimate of drug-likeness (QED) is 0.415. The Balaban J connectivity index is 1.69. The first-order valence-corrected chi connectivity index (χ1v) is 7.87. The Kier molecular flexibility index (Phi) is 2.83. The molecule has 4 aliphatic rings. The van der Waals surface area contributed by atoms with Gasteiger partial charge in [-0.05, 0) is 41.5 Å². The second-order valence-electron chi connectivity index (χ2n) is 5.68. The van der Waals surface area contributed by atoms with E-state index < -0.39 is 5.60 Å². The summed E-state index contributed by atoms with van der Waals surface area (Å²) in [5.41, 5.74) is 0.648. The van der Waals surface area contributed by atoms with Gasteiger partial charge < -0.3 is 14.2 Å². The molecule has 0 aromatic carbocycles. The molecule has 4 rings (SSSR count). The fraction of sp³-hybridized carbons (Fsp3) is 0.643. The highest BCUT2D eigenvalue weighted by Gasteiger charge is 2.73. The van der Waals surface area contributed by atoms with Gasteiger partial charge in [0.05, 0.1) is 18.1 Å².